The second kappa shape index (κ2) is 7.81. The monoisotopic (exact) mass is 291 g/mol. The van der Waals surface area contributed by atoms with Gasteiger partial charge in [0.1, 0.15) is 5.75 Å². The maximum absolute atomic E-state index is 5.76. The van der Waals surface area contributed by atoms with E-state index in [0.29, 0.717) is 12.1 Å². The molecule has 1 saturated heterocycles. The molecule has 2 unspecified atom stereocenters. The summed E-state index contributed by atoms with van der Waals surface area (Å²) in [6, 6.07) is 4.83. The van der Waals surface area contributed by atoms with Crippen LogP contribution >= 0.6 is 0 Å². The summed E-state index contributed by atoms with van der Waals surface area (Å²) in [6.45, 7) is 8.39. The predicted molar refractivity (Wildman–Crippen MR) is 87.1 cm³/mol. The predicted octanol–water partition coefficient (Wildman–Crippen LogP) is 3.92. The molecule has 0 saturated carbocycles. The van der Waals surface area contributed by atoms with Gasteiger partial charge in [-0.2, -0.15) is 0 Å². The maximum atomic E-state index is 5.76. The smallest absolute Gasteiger partial charge is 0.122 e. The third kappa shape index (κ3) is 4.21. The number of hydrogen-bond donors (Lipinski definition) is 1. The first-order valence-corrected chi connectivity index (χ1v) is 8.15. The van der Waals surface area contributed by atoms with Gasteiger partial charge in [-0.1, -0.05) is 13.0 Å². The van der Waals surface area contributed by atoms with Gasteiger partial charge < -0.3 is 14.8 Å². The Balaban J connectivity index is 2.10. The van der Waals surface area contributed by atoms with E-state index in [0.717, 1.165) is 31.7 Å². The van der Waals surface area contributed by atoms with Crippen LogP contribution in [0.5, 0.6) is 5.75 Å². The van der Waals surface area contributed by atoms with Crippen LogP contribution in [-0.4, -0.2) is 26.4 Å². The lowest BCUT2D eigenvalue weighted by Crippen LogP contribution is -2.23. The largest absolute Gasteiger partial charge is 0.496 e. The first-order valence-electron chi connectivity index (χ1n) is 8.15. The van der Waals surface area contributed by atoms with Crippen molar-refractivity contribution in [2.24, 2.45) is 0 Å². The number of rotatable bonds is 7. The van der Waals surface area contributed by atoms with Crippen molar-refractivity contribution in [3.8, 4) is 5.75 Å². The molecule has 1 aromatic rings. The topological polar surface area (TPSA) is 30.5 Å². The summed E-state index contributed by atoms with van der Waals surface area (Å²) < 4.78 is 11.2. The molecule has 0 bridgehead atoms. The summed E-state index contributed by atoms with van der Waals surface area (Å²) in [4.78, 5) is 0. The van der Waals surface area contributed by atoms with Gasteiger partial charge in [0.2, 0.25) is 0 Å². The molecule has 0 aliphatic carbocycles. The second-order valence-corrected chi connectivity index (χ2v) is 6.00. The Hall–Kier alpha value is -1.06. The molecule has 1 aromatic carbocycles. The van der Waals surface area contributed by atoms with E-state index < -0.39 is 0 Å². The standard InChI is InChI=1S/C18H29NO2/c1-5-19-17(9-8-15-7-6-10-21-15)16-11-14(3)18(20-4)12-13(16)2/h11-12,15,17,19H,5-10H2,1-4H3. The normalized spacial score (nSPS) is 19.7. The van der Waals surface area contributed by atoms with Gasteiger partial charge in [0, 0.05) is 12.6 Å². The third-order valence-electron chi connectivity index (χ3n) is 4.41. The van der Waals surface area contributed by atoms with Gasteiger partial charge in [0.25, 0.3) is 0 Å². The van der Waals surface area contributed by atoms with Crippen LogP contribution in [0.2, 0.25) is 0 Å². The molecule has 0 aromatic heterocycles. The molecule has 0 spiro atoms. The van der Waals surface area contributed by atoms with Crippen LogP contribution in [0, 0.1) is 13.8 Å². The van der Waals surface area contributed by atoms with E-state index in [1.807, 2.05) is 0 Å². The van der Waals surface area contributed by atoms with Gasteiger partial charge in [-0.25, -0.2) is 0 Å². The highest BCUT2D eigenvalue weighted by molar-refractivity contribution is 5.42. The Labute approximate surface area is 129 Å². The van der Waals surface area contributed by atoms with E-state index in [1.54, 1.807) is 7.11 Å². The molecule has 2 rings (SSSR count). The molecule has 3 heteroatoms. The molecule has 1 N–H and O–H groups in total. The molecule has 1 fully saturated rings. The van der Waals surface area contributed by atoms with Crippen LogP contribution in [0.4, 0.5) is 0 Å². The average molecular weight is 291 g/mol. The zero-order chi connectivity index (χ0) is 15.2. The van der Waals surface area contributed by atoms with Gasteiger partial charge in [-0.3, -0.25) is 0 Å². The van der Waals surface area contributed by atoms with Crippen molar-refractivity contribution < 1.29 is 9.47 Å². The lowest BCUT2D eigenvalue weighted by molar-refractivity contribution is 0.0996. The minimum Gasteiger partial charge on any atom is -0.496 e. The molecule has 2 atom stereocenters. The first-order chi connectivity index (χ1) is 10.2. The van der Waals surface area contributed by atoms with Gasteiger partial charge in [0.15, 0.2) is 0 Å². The molecule has 118 valence electrons. The number of nitrogens with one attached hydrogen (secondary N) is 1. The molecule has 0 radical (unpaired) electrons. The summed E-state index contributed by atoms with van der Waals surface area (Å²) in [6.07, 6.45) is 5.18. The average Bonchev–Trinajstić information content (AvgIpc) is 2.99. The molecule has 0 amide bonds. The van der Waals surface area contributed by atoms with E-state index in [2.05, 4.69) is 38.2 Å². The van der Waals surface area contributed by atoms with Crippen LogP contribution in [0.3, 0.4) is 0 Å². The number of aryl methyl sites for hydroxylation is 2. The Bertz CT molecular complexity index is 453. The Morgan fingerprint density at radius 3 is 2.76 bits per heavy atom. The Morgan fingerprint density at radius 1 is 1.33 bits per heavy atom. The van der Waals surface area contributed by atoms with Gasteiger partial charge in [-0.15, -0.1) is 0 Å². The summed E-state index contributed by atoms with van der Waals surface area (Å²) in [5.74, 6) is 0.977. The fourth-order valence-corrected chi connectivity index (χ4v) is 3.25. The minimum atomic E-state index is 0.406. The van der Waals surface area contributed by atoms with Crippen molar-refractivity contribution in [1.29, 1.82) is 0 Å². The molecule has 21 heavy (non-hydrogen) atoms. The highest BCUT2D eigenvalue weighted by atomic mass is 16.5. The van der Waals surface area contributed by atoms with Crippen LogP contribution in [0.15, 0.2) is 12.1 Å². The van der Waals surface area contributed by atoms with E-state index in [4.69, 9.17) is 9.47 Å². The summed E-state index contributed by atoms with van der Waals surface area (Å²) in [5, 5.41) is 3.63. The van der Waals surface area contributed by atoms with E-state index in [1.165, 1.54) is 29.5 Å². The van der Waals surface area contributed by atoms with Crippen molar-refractivity contribution in [3.63, 3.8) is 0 Å². The van der Waals surface area contributed by atoms with Gasteiger partial charge >= 0.3 is 0 Å². The molecule has 1 aliphatic rings. The number of benzene rings is 1. The number of methoxy groups -OCH3 is 1. The first kappa shape index (κ1) is 16.3. The summed E-state index contributed by atoms with van der Waals surface area (Å²) in [7, 11) is 1.74. The van der Waals surface area contributed by atoms with Gasteiger partial charge in [-0.05, 0) is 68.8 Å². The lowest BCUT2D eigenvalue weighted by Gasteiger charge is -2.23. The fraction of sp³-hybridized carbons (Fsp3) is 0.667. The number of ether oxygens (including phenoxy) is 2. The number of hydrogen-bond acceptors (Lipinski definition) is 3. The van der Waals surface area contributed by atoms with Crippen LogP contribution in [-0.2, 0) is 4.74 Å². The zero-order valence-electron chi connectivity index (χ0n) is 13.9. The highest BCUT2D eigenvalue weighted by Gasteiger charge is 2.20. The van der Waals surface area contributed by atoms with Crippen LogP contribution < -0.4 is 10.1 Å². The van der Waals surface area contributed by atoms with Crippen molar-refractivity contribution in [2.45, 2.75) is 58.6 Å². The van der Waals surface area contributed by atoms with Crippen molar-refractivity contribution in [3.05, 3.63) is 28.8 Å². The van der Waals surface area contributed by atoms with E-state index in [9.17, 15) is 0 Å². The molecule has 3 nitrogen and oxygen atoms in total. The maximum Gasteiger partial charge on any atom is 0.122 e. The summed E-state index contributed by atoms with van der Waals surface area (Å²) in [5.41, 5.74) is 3.90. The fourth-order valence-electron chi connectivity index (χ4n) is 3.25. The second-order valence-electron chi connectivity index (χ2n) is 6.00. The SMILES string of the molecule is CCNC(CCC1CCCO1)c1cc(C)c(OC)cc1C. The van der Waals surface area contributed by atoms with Crippen molar-refractivity contribution in [2.75, 3.05) is 20.3 Å². The molecule has 1 aliphatic heterocycles. The quantitative estimate of drug-likeness (QED) is 0.826. The van der Waals surface area contributed by atoms with Crippen LogP contribution in [0.1, 0.15) is 55.3 Å². The van der Waals surface area contributed by atoms with E-state index in [-0.39, 0.29) is 0 Å². The van der Waals surface area contributed by atoms with Gasteiger partial charge in [0.05, 0.1) is 13.2 Å². The molecular weight excluding hydrogens is 262 g/mol. The minimum absolute atomic E-state index is 0.406. The van der Waals surface area contributed by atoms with E-state index >= 15 is 0 Å². The highest BCUT2D eigenvalue weighted by Crippen LogP contribution is 2.30. The third-order valence-corrected chi connectivity index (χ3v) is 4.41. The summed E-state index contributed by atoms with van der Waals surface area (Å²) >= 11 is 0. The van der Waals surface area contributed by atoms with Crippen molar-refractivity contribution in [1.82, 2.24) is 5.32 Å². The zero-order valence-corrected chi connectivity index (χ0v) is 13.9. The van der Waals surface area contributed by atoms with Crippen LogP contribution in [0.25, 0.3) is 0 Å². The molecular formula is C18H29NO2. The Morgan fingerprint density at radius 2 is 2.14 bits per heavy atom. The van der Waals surface area contributed by atoms with Crippen molar-refractivity contribution >= 4 is 0 Å². The molecule has 1 heterocycles. The lowest BCUT2D eigenvalue weighted by atomic mass is 9.93. The Kier molecular flexibility index (Phi) is 6.07.